The molecular formula is C17H29NO6. The molecule has 1 amide bonds. The Bertz CT molecular complexity index is 466. The molecule has 7 heteroatoms. The zero-order chi connectivity index (χ0) is 18.0. The number of nitrogens with one attached hydrogen (secondary N) is 1. The molecule has 2 rings (SSSR count). The molecule has 0 bridgehead atoms. The van der Waals surface area contributed by atoms with Crippen molar-refractivity contribution in [2.75, 3.05) is 13.2 Å². The van der Waals surface area contributed by atoms with Crippen molar-refractivity contribution in [1.82, 2.24) is 5.32 Å². The highest BCUT2D eigenvalue weighted by Crippen LogP contribution is 2.32. The summed E-state index contributed by atoms with van der Waals surface area (Å²) >= 11 is 0. The number of carbonyl (C=O) groups excluding carboxylic acids is 2. The summed E-state index contributed by atoms with van der Waals surface area (Å²) in [7, 11) is 0. The Balaban J connectivity index is 1.92. The lowest BCUT2D eigenvalue weighted by Gasteiger charge is -2.26. The SMILES string of the molecule is CC(C)(C)OC(=O)NC(COCCC1CC1)C1OC(C)(C)OC1=O. The van der Waals surface area contributed by atoms with Crippen LogP contribution in [0.2, 0.25) is 0 Å². The van der Waals surface area contributed by atoms with Crippen LogP contribution in [0.5, 0.6) is 0 Å². The van der Waals surface area contributed by atoms with Gasteiger partial charge in [-0.3, -0.25) is 0 Å². The fourth-order valence-corrected chi connectivity index (χ4v) is 2.46. The Morgan fingerprint density at radius 2 is 2.04 bits per heavy atom. The molecule has 0 aromatic rings. The van der Waals surface area contributed by atoms with Crippen LogP contribution in [0.1, 0.15) is 53.9 Å². The Morgan fingerprint density at radius 3 is 2.54 bits per heavy atom. The summed E-state index contributed by atoms with van der Waals surface area (Å²) in [6.07, 6.45) is 2.00. The molecule has 2 atom stereocenters. The van der Waals surface area contributed by atoms with Gasteiger partial charge in [-0.15, -0.1) is 0 Å². The van der Waals surface area contributed by atoms with Crippen molar-refractivity contribution in [3.63, 3.8) is 0 Å². The number of hydrogen-bond donors (Lipinski definition) is 1. The fraction of sp³-hybridized carbons (Fsp3) is 0.882. The summed E-state index contributed by atoms with van der Waals surface area (Å²) in [5.41, 5.74) is -0.627. The highest BCUT2D eigenvalue weighted by Gasteiger charge is 2.46. The van der Waals surface area contributed by atoms with Gasteiger partial charge in [0.1, 0.15) is 5.60 Å². The number of cyclic esters (lactones) is 1. The Labute approximate surface area is 143 Å². The van der Waals surface area contributed by atoms with E-state index >= 15 is 0 Å². The molecule has 2 aliphatic rings. The van der Waals surface area contributed by atoms with Gasteiger partial charge in [0.2, 0.25) is 5.79 Å². The second-order valence-electron chi connectivity index (χ2n) is 7.92. The van der Waals surface area contributed by atoms with E-state index in [9.17, 15) is 9.59 Å². The number of rotatable bonds is 7. The second-order valence-corrected chi connectivity index (χ2v) is 7.92. The number of ether oxygens (including phenoxy) is 4. The normalized spacial score (nSPS) is 24.4. The van der Waals surface area contributed by atoms with Crippen molar-refractivity contribution >= 4 is 12.1 Å². The van der Waals surface area contributed by atoms with Gasteiger partial charge >= 0.3 is 12.1 Å². The molecule has 0 aromatic heterocycles. The maximum absolute atomic E-state index is 12.1. The maximum atomic E-state index is 12.1. The van der Waals surface area contributed by atoms with Crippen LogP contribution >= 0.6 is 0 Å². The molecule has 1 saturated carbocycles. The van der Waals surface area contributed by atoms with E-state index in [0.29, 0.717) is 6.61 Å². The monoisotopic (exact) mass is 343 g/mol. The molecule has 24 heavy (non-hydrogen) atoms. The molecule has 1 aliphatic carbocycles. The molecule has 1 N–H and O–H groups in total. The molecule has 2 unspecified atom stereocenters. The third-order valence-corrected chi connectivity index (χ3v) is 3.72. The van der Waals surface area contributed by atoms with Gasteiger partial charge in [-0.05, 0) is 33.1 Å². The molecule has 138 valence electrons. The molecule has 1 saturated heterocycles. The lowest BCUT2D eigenvalue weighted by atomic mass is 10.1. The maximum Gasteiger partial charge on any atom is 0.408 e. The van der Waals surface area contributed by atoms with Crippen molar-refractivity contribution in [3.8, 4) is 0 Å². The van der Waals surface area contributed by atoms with Crippen LogP contribution in [0.4, 0.5) is 4.79 Å². The van der Waals surface area contributed by atoms with Gasteiger partial charge in [0.15, 0.2) is 6.10 Å². The first-order valence-corrected chi connectivity index (χ1v) is 8.54. The van der Waals surface area contributed by atoms with Gasteiger partial charge < -0.3 is 24.3 Å². The smallest absolute Gasteiger partial charge is 0.408 e. The van der Waals surface area contributed by atoms with Crippen LogP contribution in [0.25, 0.3) is 0 Å². The van der Waals surface area contributed by atoms with Crippen molar-refractivity contribution in [2.24, 2.45) is 5.92 Å². The highest BCUT2D eigenvalue weighted by atomic mass is 16.8. The first-order chi connectivity index (χ1) is 11.1. The molecule has 1 aliphatic heterocycles. The van der Waals surface area contributed by atoms with E-state index in [1.54, 1.807) is 34.6 Å². The predicted octanol–water partition coefficient (Wildman–Crippen LogP) is 2.37. The van der Waals surface area contributed by atoms with E-state index in [0.717, 1.165) is 12.3 Å². The predicted molar refractivity (Wildman–Crippen MR) is 86.4 cm³/mol. The quantitative estimate of drug-likeness (QED) is 0.564. The molecule has 0 spiro atoms. The van der Waals surface area contributed by atoms with Crippen LogP contribution in [0.15, 0.2) is 0 Å². The van der Waals surface area contributed by atoms with E-state index < -0.39 is 35.6 Å². The van der Waals surface area contributed by atoms with Gasteiger partial charge in [-0.25, -0.2) is 9.59 Å². The van der Waals surface area contributed by atoms with Crippen molar-refractivity contribution in [3.05, 3.63) is 0 Å². The average Bonchev–Trinajstić information content (AvgIpc) is 3.16. The van der Waals surface area contributed by atoms with E-state index in [-0.39, 0.29) is 6.61 Å². The van der Waals surface area contributed by atoms with Crippen molar-refractivity contribution in [1.29, 1.82) is 0 Å². The first kappa shape index (κ1) is 19.0. The standard InChI is InChI=1S/C17H29NO6/c1-16(2,3)24-15(20)18-12(10-21-9-8-11-6-7-11)13-14(19)23-17(4,5)22-13/h11-13H,6-10H2,1-5H3,(H,18,20). The topological polar surface area (TPSA) is 83.1 Å². The lowest BCUT2D eigenvalue weighted by molar-refractivity contribution is -0.161. The second kappa shape index (κ2) is 7.27. The van der Waals surface area contributed by atoms with Crippen LogP contribution in [0.3, 0.4) is 0 Å². The van der Waals surface area contributed by atoms with Crippen molar-refractivity contribution < 1.29 is 28.5 Å². The molecule has 0 aromatic carbocycles. The number of amides is 1. The zero-order valence-corrected chi connectivity index (χ0v) is 15.2. The van der Waals surface area contributed by atoms with Crippen molar-refractivity contribution in [2.45, 2.75) is 77.4 Å². The molecule has 1 heterocycles. The van der Waals surface area contributed by atoms with E-state index in [1.807, 2.05) is 0 Å². The van der Waals surface area contributed by atoms with E-state index in [2.05, 4.69) is 5.32 Å². The van der Waals surface area contributed by atoms with Crippen LogP contribution in [-0.2, 0) is 23.7 Å². The zero-order valence-electron chi connectivity index (χ0n) is 15.2. The third-order valence-electron chi connectivity index (χ3n) is 3.72. The first-order valence-electron chi connectivity index (χ1n) is 8.54. The van der Waals surface area contributed by atoms with Gasteiger partial charge in [-0.2, -0.15) is 0 Å². The molecule has 7 nitrogen and oxygen atoms in total. The highest BCUT2D eigenvalue weighted by molar-refractivity contribution is 5.79. The van der Waals surface area contributed by atoms with Crippen LogP contribution in [0, 0.1) is 5.92 Å². The Hall–Kier alpha value is -1.34. The summed E-state index contributed by atoms with van der Waals surface area (Å²) < 4.78 is 21.7. The number of alkyl carbamates (subject to hydrolysis) is 1. The average molecular weight is 343 g/mol. The van der Waals surface area contributed by atoms with Gasteiger partial charge in [0.05, 0.1) is 12.6 Å². The number of esters is 1. The Kier molecular flexibility index (Phi) is 5.75. The van der Waals surface area contributed by atoms with Gasteiger partial charge in [-0.1, -0.05) is 12.8 Å². The van der Waals surface area contributed by atoms with Gasteiger partial charge in [0, 0.05) is 20.5 Å². The summed E-state index contributed by atoms with van der Waals surface area (Å²) in [6, 6.07) is -0.659. The minimum Gasteiger partial charge on any atom is -0.444 e. The molecule has 2 fully saturated rings. The van der Waals surface area contributed by atoms with Crippen LogP contribution < -0.4 is 5.32 Å². The fourth-order valence-electron chi connectivity index (χ4n) is 2.46. The van der Waals surface area contributed by atoms with E-state index in [4.69, 9.17) is 18.9 Å². The summed E-state index contributed by atoms with van der Waals surface area (Å²) in [5.74, 6) is -0.760. The molecular weight excluding hydrogens is 314 g/mol. The summed E-state index contributed by atoms with van der Waals surface area (Å²) in [5, 5.41) is 2.68. The number of hydrogen-bond acceptors (Lipinski definition) is 6. The van der Waals surface area contributed by atoms with E-state index in [1.165, 1.54) is 12.8 Å². The minimum absolute atomic E-state index is 0.168. The van der Waals surface area contributed by atoms with Gasteiger partial charge in [0.25, 0.3) is 0 Å². The molecule has 0 radical (unpaired) electrons. The summed E-state index contributed by atoms with van der Waals surface area (Å²) in [4.78, 5) is 24.1. The third kappa shape index (κ3) is 6.28. The van der Waals surface area contributed by atoms with Crippen LogP contribution in [-0.4, -0.2) is 48.8 Å². The lowest BCUT2D eigenvalue weighted by Crippen LogP contribution is -2.50. The largest absolute Gasteiger partial charge is 0.444 e. The Morgan fingerprint density at radius 1 is 1.38 bits per heavy atom. The number of carbonyl (C=O) groups is 2. The minimum atomic E-state index is -1.01. The summed E-state index contributed by atoms with van der Waals surface area (Å²) in [6.45, 7) is 9.41.